The quantitative estimate of drug-likeness (QED) is 0.837. The molecular formula is C11H15N3O. The van der Waals surface area contributed by atoms with E-state index in [4.69, 9.17) is 4.42 Å². The van der Waals surface area contributed by atoms with Gasteiger partial charge in [-0.3, -0.25) is 4.68 Å². The van der Waals surface area contributed by atoms with Crippen LogP contribution in [0.1, 0.15) is 24.5 Å². The van der Waals surface area contributed by atoms with Gasteiger partial charge in [-0.15, -0.1) is 0 Å². The van der Waals surface area contributed by atoms with Crippen molar-refractivity contribution >= 4 is 5.69 Å². The van der Waals surface area contributed by atoms with E-state index in [0.29, 0.717) is 0 Å². The van der Waals surface area contributed by atoms with Crippen LogP contribution in [0, 0.1) is 6.92 Å². The second kappa shape index (κ2) is 3.81. The molecule has 4 nitrogen and oxygen atoms in total. The third-order valence-electron chi connectivity index (χ3n) is 2.28. The van der Waals surface area contributed by atoms with Crippen LogP contribution < -0.4 is 5.32 Å². The molecule has 80 valence electrons. The van der Waals surface area contributed by atoms with Gasteiger partial charge in [0, 0.05) is 13.2 Å². The summed E-state index contributed by atoms with van der Waals surface area (Å²) in [7, 11) is 1.90. The molecule has 0 radical (unpaired) electrons. The maximum atomic E-state index is 5.53. The lowest BCUT2D eigenvalue weighted by molar-refractivity contribution is 0.467. The van der Waals surface area contributed by atoms with Gasteiger partial charge in [0.05, 0.1) is 17.9 Å². The summed E-state index contributed by atoms with van der Waals surface area (Å²) in [6.07, 6.45) is 3.73. The number of rotatable bonds is 3. The first kappa shape index (κ1) is 9.83. The van der Waals surface area contributed by atoms with Crippen LogP contribution in [-0.4, -0.2) is 9.78 Å². The molecule has 1 N–H and O–H groups in total. The molecule has 0 saturated carbocycles. The zero-order chi connectivity index (χ0) is 10.8. The van der Waals surface area contributed by atoms with Crippen molar-refractivity contribution in [2.75, 3.05) is 5.32 Å². The fraction of sp³-hybridized carbons (Fsp3) is 0.364. The van der Waals surface area contributed by atoms with Crippen molar-refractivity contribution < 1.29 is 4.42 Å². The second-order valence-corrected chi connectivity index (χ2v) is 3.72. The zero-order valence-corrected chi connectivity index (χ0v) is 9.19. The van der Waals surface area contributed by atoms with Gasteiger partial charge in [-0.1, -0.05) is 0 Å². The van der Waals surface area contributed by atoms with Crippen molar-refractivity contribution in [3.8, 4) is 0 Å². The van der Waals surface area contributed by atoms with Crippen molar-refractivity contribution in [2.45, 2.75) is 19.9 Å². The molecular weight excluding hydrogens is 190 g/mol. The standard InChI is InChI=1S/C11H15N3O/c1-8-4-5-11(15-8)9(2)13-10-6-12-14(3)7-10/h4-7,9,13H,1-3H3/t9-/m1/s1. The Kier molecular flexibility index (Phi) is 2.49. The molecule has 0 amide bonds. The maximum Gasteiger partial charge on any atom is 0.126 e. The first-order valence-electron chi connectivity index (χ1n) is 4.96. The van der Waals surface area contributed by atoms with Gasteiger partial charge >= 0.3 is 0 Å². The highest BCUT2D eigenvalue weighted by Crippen LogP contribution is 2.20. The lowest BCUT2D eigenvalue weighted by atomic mass is 10.2. The number of furan rings is 1. The van der Waals surface area contributed by atoms with E-state index < -0.39 is 0 Å². The largest absolute Gasteiger partial charge is 0.464 e. The van der Waals surface area contributed by atoms with Crippen LogP contribution in [0.5, 0.6) is 0 Å². The fourth-order valence-electron chi connectivity index (χ4n) is 1.50. The third-order valence-corrected chi connectivity index (χ3v) is 2.28. The van der Waals surface area contributed by atoms with E-state index in [9.17, 15) is 0 Å². The van der Waals surface area contributed by atoms with Crippen molar-refractivity contribution in [2.24, 2.45) is 7.05 Å². The van der Waals surface area contributed by atoms with Crippen molar-refractivity contribution in [1.29, 1.82) is 0 Å². The summed E-state index contributed by atoms with van der Waals surface area (Å²) < 4.78 is 7.30. The molecule has 0 fully saturated rings. The van der Waals surface area contributed by atoms with Gasteiger partial charge in [-0.05, 0) is 26.0 Å². The molecule has 0 bridgehead atoms. The molecule has 2 heterocycles. The van der Waals surface area contributed by atoms with Gasteiger partial charge in [0.2, 0.25) is 0 Å². The Morgan fingerprint density at radius 2 is 2.27 bits per heavy atom. The lowest BCUT2D eigenvalue weighted by Crippen LogP contribution is -2.04. The average Bonchev–Trinajstić information content (AvgIpc) is 2.75. The van der Waals surface area contributed by atoms with Gasteiger partial charge in [0.25, 0.3) is 0 Å². The molecule has 4 heteroatoms. The predicted octanol–water partition coefficient (Wildman–Crippen LogP) is 2.49. The van der Waals surface area contributed by atoms with E-state index in [-0.39, 0.29) is 6.04 Å². The maximum absolute atomic E-state index is 5.53. The van der Waals surface area contributed by atoms with E-state index in [0.717, 1.165) is 17.2 Å². The Morgan fingerprint density at radius 3 is 2.80 bits per heavy atom. The van der Waals surface area contributed by atoms with Gasteiger partial charge < -0.3 is 9.73 Å². The molecule has 0 aliphatic heterocycles. The second-order valence-electron chi connectivity index (χ2n) is 3.72. The summed E-state index contributed by atoms with van der Waals surface area (Å²) in [5.74, 6) is 1.88. The Balaban J connectivity index is 2.06. The van der Waals surface area contributed by atoms with E-state index in [2.05, 4.69) is 17.3 Å². The number of anilines is 1. The first-order valence-corrected chi connectivity index (χ1v) is 4.96. The summed E-state index contributed by atoms with van der Waals surface area (Å²) in [6, 6.07) is 4.11. The SMILES string of the molecule is Cc1ccc([C@@H](C)Nc2cnn(C)c2)o1. The van der Waals surface area contributed by atoms with Crippen molar-refractivity contribution in [3.05, 3.63) is 36.0 Å². The zero-order valence-electron chi connectivity index (χ0n) is 9.19. The van der Waals surface area contributed by atoms with Gasteiger partial charge in [0.15, 0.2) is 0 Å². The monoisotopic (exact) mass is 205 g/mol. The Morgan fingerprint density at radius 1 is 1.47 bits per heavy atom. The van der Waals surface area contributed by atoms with Crippen LogP contribution in [0.3, 0.4) is 0 Å². The number of hydrogen-bond donors (Lipinski definition) is 1. The Bertz CT molecular complexity index is 444. The predicted molar refractivity (Wildman–Crippen MR) is 58.7 cm³/mol. The summed E-state index contributed by atoms with van der Waals surface area (Å²) in [5.41, 5.74) is 0.999. The van der Waals surface area contributed by atoms with E-state index in [1.54, 1.807) is 10.9 Å². The number of hydrogen-bond acceptors (Lipinski definition) is 3. The molecule has 0 aliphatic carbocycles. The molecule has 15 heavy (non-hydrogen) atoms. The Labute approximate surface area is 88.9 Å². The molecule has 0 aromatic carbocycles. The van der Waals surface area contributed by atoms with Crippen LogP contribution in [0.2, 0.25) is 0 Å². The van der Waals surface area contributed by atoms with Gasteiger partial charge in [0.1, 0.15) is 11.5 Å². The fourth-order valence-corrected chi connectivity index (χ4v) is 1.50. The number of nitrogens with zero attached hydrogens (tertiary/aromatic N) is 2. The minimum absolute atomic E-state index is 0.155. The molecule has 1 atom stereocenters. The van der Waals surface area contributed by atoms with Gasteiger partial charge in [-0.2, -0.15) is 5.10 Å². The molecule has 2 aromatic heterocycles. The average molecular weight is 205 g/mol. The summed E-state index contributed by atoms with van der Waals surface area (Å²) >= 11 is 0. The number of aryl methyl sites for hydroxylation is 2. The highest BCUT2D eigenvalue weighted by Gasteiger charge is 2.09. The van der Waals surface area contributed by atoms with Crippen molar-refractivity contribution in [3.63, 3.8) is 0 Å². The van der Waals surface area contributed by atoms with Crippen LogP contribution in [0.4, 0.5) is 5.69 Å². The van der Waals surface area contributed by atoms with E-state index in [1.165, 1.54) is 0 Å². The molecule has 0 saturated heterocycles. The molecule has 0 spiro atoms. The molecule has 2 aromatic rings. The summed E-state index contributed by atoms with van der Waals surface area (Å²) in [4.78, 5) is 0. The normalized spacial score (nSPS) is 12.7. The van der Waals surface area contributed by atoms with Crippen molar-refractivity contribution in [1.82, 2.24) is 9.78 Å². The highest BCUT2D eigenvalue weighted by atomic mass is 16.3. The Hall–Kier alpha value is -1.71. The smallest absolute Gasteiger partial charge is 0.126 e. The summed E-state index contributed by atoms with van der Waals surface area (Å²) in [6.45, 7) is 4.01. The summed E-state index contributed by atoms with van der Waals surface area (Å²) in [5, 5.41) is 7.41. The molecule has 0 aliphatic rings. The molecule has 0 unspecified atom stereocenters. The minimum atomic E-state index is 0.155. The number of nitrogens with one attached hydrogen (secondary N) is 1. The van der Waals surface area contributed by atoms with E-state index in [1.807, 2.05) is 32.3 Å². The van der Waals surface area contributed by atoms with Crippen LogP contribution in [0.15, 0.2) is 28.9 Å². The van der Waals surface area contributed by atoms with Crippen LogP contribution in [-0.2, 0) is 7.05 Å². The minimum Gasteiger partial charge on any atom is -0.464 e. The number of aromatic nitrogens is 2. The van der Waals surface area contributed by atoms with Crippen LogP contribution >= 0.6 is 0 Å². The topological polar surface area (TPSA) is 43.0 Å². The third kappa shape index (κ3) is 2.21. The lowest BCUT2D eigenvalue weighted by Gasteiger charge is -2.10. The highest BCUT2D eigenvalue weighted by molar-refractivity contribution is 5.40. The van der Waals surface area contributed by atoms with E-state index >= 15 is 0 Å². The first-order chi connectivity index (χ1) is 7.15. The van der Waals surface area contributed by atoms with Gasteiger partial charge in [-0.25, -0.2) is 0 Å². The molecule has 2 rings (SSSR count). The van der Waals surface area contributed by atoms with Crippen LogP contribution in [0.25, 0.3) is 0 Å².